The highest BCUT2D eigenvalue weighted by Crippen LogP contribution is 2.24. The van der Waals surface area contributed by atoms with Crippen LogP contribution in [0.1, 0.15) is 26.2 Å². The van der Waals surface area contributed by atoms with Crippen LogP contribution in [0.5, 0.6) is 5.75 Å². The summed E-state index contributed by atoms with van der Waals surface area (Å²) in [6.07, 6.45) is 4.32. The molecule has 1 saturated heterocycles. The molecule has 1 atom stereocenters. The van der Waals surface area contributed by atoms with Crippen molar-refractivity contribution in [3.63, 3.8) is 0 Å². The normalized spacial score (nSPS) is 17.3. The molecule has 1 aliphatic rings. The second kappa shape index (κ2) is 9.41. The third-order valence-corrected chi connectivity index (χ3v) is 6.35. The third-order valence-electron chi connectivity index (χ3n) is 5.11. The van der Waals surface area contributed by atoms with Gasteiger partial charge in [0.15, 0.2) is 0 Å². The molecule has 0 spiro atoms. The van der Waals surface area contributed by atoms with Crippen LogP contribution in [-0.2, 0) is 14.8 Å². The van der Waals surface area contributed by atoms with Crippen LogP contribution >= 0.6 is 0 Å². The Morgan fingerprint density at radius 3 is 2.41 bits per heavy atom. The summed E-state index contributed by atoms with van der Waals surface area (Å²) in [5.74, 6) is 0.955. The van der Waals surface area contributed by atoms with Crippen LogP contribution in [0.3, 0.4) is 0 Å². The average Bonchev–Trinajstić information content (AvgIpc) is 2.62. The van der Waals surface area contributed by atoms with E-state index in [1.165, 1.54) is 0 Å². The highest BCUT2D eigenvalue weighted by atomic mass is 32.2. The summed E-state index contributed by atoms with van der Waals surface area (Å²) in [4.78, 5) is 14.9. The Morgan fingerprint density at radius 2 is 1.89 bits per heavy atom. The Hall–Kier alpha value is -1.80. The number of hydrogen-bond acceptors (Lipinski definition) is 5. The SMILES string of the molecule is COc1ccc(N([C@@H](C)C(=O)NCCC2CCN(C)CC2)S(C)(=O)=O)cc1. The van der Waals surface area contributed by atoms with Gasteiger partial charge in [0.05, 0.1) is 19.1 Å². The summed E-state index contributed by atoms with van der Waals surface area (Å²) in [6.45, 7) is 4.36. The van der Waals surface area contributed by atoms with Gasteiger partial charge >= 0.3 is 0 Å². The number of sulfonamides is 1. The average molecular weight is 398 g/mol. The largest absolute Gasteiger partial charge is 0.497 e. The highest BCUT2D eigenvalue weighted by molar-refractivity contribution is 7.92. The molecule has 1 aromatic rings. The lowest BCUT2D eigenvalue weighted by molar-refractivity contribution is -0.121. The molecule has 0 aliphatic carbocycles. The number of anilines is 1. The Balaban J connectivity index is 1.97. The van der Waals surface area contributed by atoms with Crippen LogP contribution < -0.4 is 14.4 Å². The zero-order valence-electron chi connectivity index (χ0n) is 16.6. The van der Waals surface area contributed by atoms with Gasteiger partial charge in [-0.1, -0.05) is 0 Å². The number of hydrogen-bond donors (Lipinski definition) is 1. The van der Waals surface area contributed by atoms with E-state index in [1.54, 1.807) is 38.3 Å². The van der Waals surface area contributed by atoms with Crippen LogP contribution in [0.25, 0.3) is 0 Å². The van der Waals surface area contributed by atoms with Crippen molar-refractivity contribution in [2.75, 3.05) is 44.4 Å². The van der Waals surface area contributed by atoms with Crippen molar-refractivity contribution >= 4 is 21.6 Å². The molecule has 1 N–H and O–H groups in total. The number of methoxy groups -OCH3 is 1. The summed E-state index contributed by atoms with van der Waals surface area (Å²) in [6, 6.07) is 5.81. The van der Waals surface area contributed by atoms with Crippen LogP contribution in [0.4, 0.5) is 5.69 Å². The lowest BCUT2D eigenvalue weighted by Gasteiger charge is -2.30. The van der Waals surface area contributed by atoms with E-state index >= 15 is 0 Å². The molecule has 1 heterocycles. The van der Waals surface area contributed by atoms with Gasteiger partial charge in [0.2, 0.25) is 15.9 Å². The van der Waals surface area contributed by atoms with E-state index in [0.717, 1.165) is 42.9 Å². The topological polar surface area (TPSA) is 79.0 Å². The minimum absolute atomic E-state index is 0.288. The fourth-order valence-electron chi connectivity index (χ4n) is 3.44. The van der Waals surface area contributed by atoms with E-state index in [2.05, 4.69) is 17.3 Å². The van der Waals surface area contributed by atoms with E-state index < -0.39 is 16.1 Å². The van der Waals surface area contributed by atoms with Gasteiger partial charge in [0.1, 0.15) is 11.8 Å². The number of rotatable bonds is 8. The van der Waals surface area contributed by atoms with Crippen molar-refractivity contribution < 1.29 is 17.9 Å². The predicted octanol–water partition coefficient (Wildman–Crippen LogP) is 1.70. The first-order chi connectivity index (χ1) is 12.7. The van der Waals surface area contributed by atoms with Gasteiger partial charge in [-0.15, -0.1) is 0 Å². The Labute approximate surface area is 162 Å². The standard InChI is InChI=1S/C19H31N3O4S/c1-15(19(23)20-12-9-16-10-13-21(2)14-11-16)22(27(4,24)25)17-5-7-18(26-3)8-6-17/h5-8,15-16H,9-14H2,1-4H3,(H,20,23)/t15-/m0/s1. The molecule has 0 unspecified atom stereocenters. The van der Waals surface area contributed by atoms with Crippen molar-refractivity contribution in [1.82, 2.24) is 10.2 Å². The summed E-state index contributed by atoms with van der Waals surface area (Å²) in [5, 5.41) is 2.90. The Kier molecular flexibility index (Phi) is 7.49. The summed E-state index contributed by atoms with van der Waals surface area (Å²) >= 11 is 0. The lowest BCUT2D eigenvalue weighted by Crippen LogP contribution is -2.48. The molecule has 1 fully saturated rings. The maximum Gasteiger partial charge on any atom is 0.243 e. The molecular weight excluding hydrogens is 366 g/mol. The number of likely N-dealkylation sites (tertiary alicyclic amines) is 1. The minimum Gasteiger partial charge on any atom is -0.497 e. The molecule has 0 saturated carbocycles. The zero-order valence-corrected chi connectivity index (χ0v) is 17.5. The number of piperidine rings is 1. The second-order valence-corrected chi connectivity index (χ2v) is 9.12. The summed E-state index contributed by atoms with van der Waals surface area (Å²) < 4.78 is 30.8. The molecule has 1 amide bonds. The minimum atomic E-state index is -3.61. The van der Waals surface area contributed by atoms with Gasteiger partial charge in [0, 0.05) is 6.54 Å². The highest BCUT2D eigenvalue weighted by Gasteiger charge is 2.29. The quantitative estimate of drug-likeness (QED) is 0.722. The first kappa shape index (κ1) is 21.5. The molecule has 1 aliphatic heterocycles. The second-order valence-electron chi connectivity index (χ2n) is 7.26. The number of carbonyl (C=O) groups is 1. The fraction of sp³-hybridized carbons (Fsp3) is 0.632. The number of nitrogens with zero attached hydrogens (tertiary/aromatic N) is 2. The molecule has 0 radical (unpaired) electrons. The first-order valence-electron chi connectivity index (χ1n) is 9.32. The fourth-order valence-corrected chi connectivity index (χ4v) is 4.61. The predicted molar refractivity (Wildman–Crippen MR) is 108 cm³/mol. The summed E-state index contributed by atoms with van der Waals surface area (Å²) in [7, 11) is 0.0617. The van der Waals surface area contributed by atoms with Gasteiger partial charge in [-0.3, -0.25) is 9.10 Å². The number of amides is 1. The Morgan fingerprint density at radius 1 is 1.30 bits per heavy atom. The molecule has 2 rings (SSSR count). The van der Waals surface area contributed by atoms with Crippen molar-refractivity contribution in [2.45, 2.75) is 32.2 Å². The molecule has 27 heavy (non-hydrogen) atoms. The van der Waals surface area contributed by atoms with Crippen molar-refractivity contribution in [3.05, 3.63) is 24.3 Å². The van der Waals surface area contributed by atoms with E-state index in [4.69, 9.17) is 4.74 Å². The van der Waals surface area contributed by atoms with Crippen molar-refractivity contribution in [2.24, 2.45) is 5.92 Å². The lowest BCUT2D eigenvalue weighted by atomic mass is 9.94. The van der Waals surface area contributed by atoms with Crippen molar-refractivity contribution in [3.8, 4) is 5.75 Å². The molecule has 0 bridgehead atoms. The maximum absolute atomic E-state index is 12.6. The number of ether oxygens (including phenoxy) is 1. The van der Waals surface area contributed by atoms with Gasteiger partial charge in [-0.25, -0.2) is 8.42 Å². The number of nitrogens with one attached hydrogen (secondary N) is 1. The van der Waals surface area contributed by atoms with Crippen LogP contribution in [0.2, 0.25) is 0 Å². The maximum atomic E-state index is 12.6. The van der Waals surface area contributed by atoms with Gasteiger partial charge in [-0.2, -0.15) is 0 Å². The molecule has 1 aromatic carbocycles. The van der Waals surface area contributed by atoms with Gasteiger partial charge in [0.25, 0.3) is 0 Å². The Bertz CT molecular complexity index is 713. The van der Waals surface area contributed by atoms with Crippen LogP contribution in [0, 0.1) is 5.92 Å². The third kappa shape index (κ3) is 6.10. The number of benzene rings is 1. The van der Waals surface area contributed by atoms with E-state index in [9.17, 15) is 13.2 Å². The van der Waals surface area contributed by atoms with Crippen molar-refractivity contribution in [1.29, 1.82) is 0 Å². The monoisotopic (exact) mass is 397 g/mol. The van der Waals surface area contributed by atoms with Crippen LogP contribution in [0.15, 0.2) is 24.3 Å². The number of carbonyl (C=O) groups excluding carboxylic acids is 1. The van der Waals surface area contributed by atoms with E-state index in [-0.39, 0.29) is 5.91 Å². The molecule has 8 heteroatoms. The van der Waals surface area contributed by atoms with E-state index in [0.29, 0.717) is 23.9 Å². The molecule has 0 aromatic heterocycles. The molecule has 152 valence electrons. The zero-order chi connectivity index (χ0) is 20.0. The van der Waals surface area contributed by atoms with Gasteiger partial charge in [-0.05, 0) is 76.5 Å². The van der Waals surface area contributed by atoms with E-state index in [1.807, 2.05) is 0 Å². The molecular formula is C19H31N3O4S. The van der Waals surface area contributed by atoms with Gasteiger partial charge < -0.3 is 15.0 Å². The molecule has 7 nitrogen and oxygen atoms in total. The first-order valence-corrected chi connectivity index (χ1v) is 11.2. The smallest absolute Gasteiger partial charge is 0.243 e. The van der Waals surface area contributed by atoms with Crippen LogP contribution in [-0.4, -0.2) is 65.3 Å². The summed E-state index contributed by atoms with van der Waals surface area (Å²) in [5.41, 5.74) is 0.441.